The topological polar surface area (TPSA) is 108 Å². The lowest BCUT2D eigenvalue weighted by Crippen LogP contribution is -2.47. The van der Waals surface area contributed by atoms with Crippen molar-refractivity contribution in [1.82, 2.24) is 25.1 Å². The number of likely N-dealkylation sites (N-methyl/N-ethyl adjacent to an activating group) is 2. The van der Waals surface area contributed by atoms with E-state index in [1.807, 2.05) is 0 Å². The number of hydrogen-bond acceptors (Lipinski definition) is 7. The van der Waals surface area contributed by atoms with E-state index in [-0.39, 0.29) is 29.4 Å². The number of fused-ring (bicyclic) bond motifs is 1. The summed E-state index contributed by atoms with van der Waals surface area (Å²) in [6.45, 7) is 3.30. The van der Waals surface area contributed by atoms with Crippen LogP contribution >= 0.6 is 0 Å². The van der Waals surface area contributed by atoms with Gasteiger partial charge in [0.2, 0.25) is 11.9 Å². The lowest BCUT2D eigenvalue weighted by molar-refractivity contribution is -0.140. The Hall–Kier alpha value is -4.78. The minimum absolute atomic E-state index is 0.0911. The minimum Gasteiger partial charge on any atom is -0.368 e. The van der Waals surface area contributed by atoms with Crippen molar-refractivity contribution in [2.75, 3.05) is 58.0 Å². The summed E-state index contributed by atoms with van der Waals surface area (Å²) in [6, 6.07) is 13.4. The van der Waals surface area contributed by atoms with E-state index < -0.39 is 29.5 Å². The van der Waals surface area contributed by atoms with Crippen LogP contribution in [0.15, 0.2) is 60.7 Å². The molecule has 3 N–H and O–H groups in total. The maximum absolute atomic E-state index is 13.8. The molecule has 1 aromatic heterocycles. The van der Waals surface area contributed by atoms with Crippen molar-refractivity contribution in [3.8, 4) is 11.1 Å². The molecule has 0 unspecified atom stereocenters. The molecule has 9 nitrogen and oxygen atoms in total. The molecule has 236 valence electrons. The summed E-state index contributed by atoms with van der Waals surface area (Å²) in [6.07, 6.45) is -4.70. The molecule has 0 spiro atoms. The first-order valence-electron chi connectivity index (χ1n) is 14.3. The van der Waals surface area contributed by atoms with E-state index in [2.05, 4.69) is 32.1 Å². The monoisotopic (exact) mass is 623 g/mol. The van der Waals surface area contributed by atoms with Crippen LogP contribution < -0.4 is 16.0 Å². The Morgan fingerprint density at radius 3 is 2.27 bits per heavy atom. The molecule has 1 aliphatic rings. The molecule has 0 aliphatic carbocycles. The molecule has 0 bridgehead atoms. The van der Waals surface area contributed by atoms with Crippen molar-refractivity contribution < 1.29 is 27.2 Å². The Morgan fingerprint density at radius 1 is 0.956 bits per heavy atom. The van der Waals surface area contributed by atoms with Gasteiger partial charge >= 0.3 is 6.18 Å². The van der Waals surface area contributed by atoms with Gasteiger partial charge in [-0.15, -0.1) is 0 Å². The first-order chi connectivity index (χ1) is 21.3. The number of carbonyl (C=O) groups excluding carboxylic acids is 2. The van der Waals surface area contributed by atoms with E-state index in [1.54, 1.807) is 56.6 Å². The van der Waals surface area contributed by atoms with Gasteiger partial charge in [0, 0.05) is 57.6 Å². The Labute approximate surface area is 257 Å². The molecule has 5 rings (SSSR count). The van der Waals surface area contributed by atoms with Gasteiger partial charge in [0.15, 0.2) is 0 Å². The zero-order valence-electron chi connectivity index (χ0n) is 25.0. The number of benzene rings is 3. The number of nitrogens with two attached hydrogens (primary N) is 1. The minimum atomic E-state index is -4.82. The fourth-order valence-corrected chi connectivity index (χ4v) is 5.28. The van der Waals surface area contributed by atoms with Crippen LogP contribution in [0.5, 0.6) is 0 Å². The molecular formula is C32H33F4N7O2. The van der Waals surface area contributed by atoms with Crippen molar-refractivity contribution in [2.24, 2.45) is 0 Å². The second-order valence-corrected chi connectivity index (χ2v) is 11.3. The molecule has 3 aromatic carbocycles. The number of carbonyl (C=O) groups is 2. The van der Waals surface area contributed by atoms with Gasteiger partial charge in [-0.05, 0) is 54.1 Å². The third kappa shape index (κ3) is 7.14. The van der Waals surface area contributed by atoms with E-state index in [9.17, 15) is 27.2 Å². The third-order valence-corrected chi connectivity index (χ3v) is 7.80. The van der Waals surface area contributed by atoms with Crippen molar-refractivity contribution >= 4 is 34.5 Å². The van der Waals surface area contributed by atoms with Crippen LogP contribution in [0.25, 0.3) is 22.0 Å². The number of alkyl halides is 3. The Bertz CT molecular complexity index is 1720. The molecule has 2 heterocycles. The summed E-state index contributed by atoms with van der Waals surface area (Å²) >= 11 is 0. The lowest BCUT2D eigenvalue weighted by atomic mass is 9.98. The molecule has 0 radical (unpaired) electrons. The van der Waals surface area contributed by atoms with Gasteiger partial charge in [0.1, 0.15) is 17.7 Å². The number of rotatable bonds is 7. The molecule has 45 heavy (non-hydrogen) atoms. The van der Waals surface area contributed by atoms with Crippen LogP contribution in [-0.2, 0) is 17.4 Å². The molecule has 4 aromatic rings. The van der Waals surface area contributed by atoms with Gasteiger partial charge in [0.25, 0.3) is 5.91 Å². The first kappa shape index (κ1) is 31.6. The highest BCUT2D eigenvalue weighted by atomic mass is 19.4. The van der Waals surface area contributed by atoms with Crippen molar-refractivity contribution in [2.45, 2.75) is 18.6 Å². The van der Waals surface area contributed by atoms with Gasteiger partial charge < -0.3 is 25.8 Å². The van der Waals surface area contributed by atoms with E-state index in [0.29, 0.717) is 22.5 Å². The molecule has 2 amide bonds. The van der Waals surface area contributed by atoms with Gasteiger partial charge in [-0.25, -0.2) is 9.37 Å². The molecule has 1 saturated heterocycles. The second-order valence-electron chi connectivity index (χ2n) is 11.3. The van der Waals surface area contributed by atoms with E-state index in [4.69, 9.17) is 5.73 Å². The third-order valence-electron chi connectivity index (χ3n) is 7.80. The van der Waals surface area contributed by atoms with Crippen LogP contribution in [0, 0.1) is 5.82 Å². The molecule has 0 saturated carbocycles. The predicted octanol–water partition coefficient (Wildman–Crippen LogP) is 4.22. The van der Waals surface area contributed by atoms with Crippen molar-refractivity contribution in [1.29, 1.82) is 0 Å². The van der Waals surface area contributed by atoms with Crippen molar-refractivity contribution in [3.05, 3.63) is 83.2 Å². The fourth-order valence-electron chi connectivity index (χ4n) is 5.28. The number of nitrogens with zero attached hydrogens (tertiary/aromatic N) is 5. The van der Waals surface area contributed by atoms with Crippen molar-refractivity contribution in [3.63, 3.8) is 0 Å². The molecule has 1 aliphatic heterocycles. The van der Waals surface area contributed by atoms with E-state index in [1.165, 1.54) is 11.0 Å². The molecule has 13 heteroatoms. The van der Waals surface area contributed by atoms with Crippen LogP contribution in [0.1, 0.15) is 21.5 Å². The highest BCUT2D eigenvalue weighted by Gasteiger charge is 2.34. The average molecular weight is 624 g/mol. The molecule has 1 fully saturated rings. The van der Waals surface area contributed by atoms with E-state index in [0.717, 1.165) is 43.7 Å². The zero-order valence-corrected chi connectivity index (χ0v) is 25.0. The van der Waals surface area contributed by atoms with Gasteiger partial charge in [-0.2, -0.15) is 18.2 Å². The van der Waals surface area contributed by atoms with Crippen LogP contribution in [0.3, 0.4) is 0 Å². The largest absolute Gasteiger partial charge is 0.419 e. The number of anilines is 2. The maximum Gasteiger partial charge on any atom is 0.419 e. The lowest BCUT2D eigenvalue weighted by Gasteiger charge is -2.33. The Morgan fingerprint density at radius 2 is 1.62 bits per heavy atom. The smallest absolute Gasteiger partial charge is 0.368 e. The fraction of sp³-hybridized carbons (Fsp3) is 0.312. The van der Waals surface area contributed by atoms with Crippen LogP contribution in [0.2, 0.25) is 0 Å². The summed E-state index contributed by atoms with van der Waals surface area (Å²) in [5, 5.41) is 3.57. The highest BCUT2D eigenvalue weighted by Crippen LogP contribution is 2.34. The van der Waals surface area contributed by atoms with Gasteiger partial charge in [-0.1, -0.05) is 30.3 Å². The quantitative estimate of drug-likeness (QED) is 0.297. The average Bonchev–Trinajstić information content (AvgIpc) is 3.00. The van der Waals surface area contributed by atoms with Gasteiger partial charge in [-0.3, -0.25) is 9.59 Å². The summed E-state index contributed by atoms with van der Waals surface area (Å²) < 4.78 is 53.3. The number of hydrogen-bond donors (Lipinski definition) is 2. The number of amides is 2. The highest BCUT2D eigenvalue weighted by molar-refractivity contribution is 6.02. The molecule has 1 atom stereocenters. The summed E-state index contributed by atoms with van der Waals surface area (Å²) in [7, 11) is 5.21. The van der Waals surface area contributed by atoms with Crippen LogP contribution in [-0.4, -0.2) is 84.9 Å². The number of nitrogen functional groups attached to an aromatic ring is 1. The number of nitrogens with one attached hydrogen (secondary N) is 1. The Balaban J connectivity index is 1.35. The standard InChI is InChI=1S/C32H33F4N7O2/c1-41(2)30(45)27(16-19-4-6-20(7-5-19)21-9-11-25(33)24(17-21)32(34,35)36)38-29(44)22-8-10-23-26(18-22)39-31(37)40-28(23)43-14-12-42(3)13-15-43/h4-11,17-18,27H,12-16H2,1-3H3,(H,38,44)(H2,37,39,40)/t27-/m0/s1. The Kier molecular flexibility index (Phi) is 8.91. The molecular weight excluding hydrogens is 590 g/mol. The predicted molar refractivity (Wildman–Crippen MR) is 164 cm³/mol. The first-order valence-corrected chi connectivity index (χ1v) is 14.3. The summed E-state index contributed by atoms with van der Waals surface area (Å²) in [5.74, 6) is -1.38. The normalized spacial score (nSPS) is 14.8. The summed E-state index contributed by atoms with van der Waals surface area (Å²) in [4.78, 5) is 41.0. The number of piperazine rings is 1. The number of halogens is 4. The van der Waals surface area contributed by atoms with E-state index >= 15 is 0 Å². The SMILES string of the molecule is CN1CCN(c2nc(N)nc3cc(C(=O)N[C@@H](Cc4ccc(-c5ccc(F)c(C(F)(F)F)c5)cc4)C(=O)N(C)C)ccc23)CC1. The number of aromatic nitrogens is 2. The summed E-state index contributed by atoms with van der Waals surface area (Å²) in [5.41, 5.74) is 6.77. The second kappa shape index (κ2) is 12.7. The van der Waals surface area contributed by atoms with Crippen LogP contribution in [0.4, 0.5) is 29.3 Å². The zero-order chi connectivity index (χ0) is 32.5. The van der Waals surface area contributed by atoms with Gasteiger partial charge in [0.05, 0.1) is 11.1 Å². The maximum atomic E-state index is 13.8.